The molecule has 0 radical (unpaired) electrons. The number of methoxy groups -OCH3 is 1. The molecule has 1 aromatic rings. The summed E-state index contributed by atoms with van der Waals surface area (Å²) < 4.78 is 10.7. The van der Waals surface area contributed by atoms with Gasteiger partial charge < -0.3 is 14.4 Å². The Kier molecular flexibility index (Phi) is 5.48. The van der Waals surface area contributed by atoms with Crippen LogP contribution < -0.4 is 4.90 Å². The number of aromatic nitrogens is 2. The van der Waals surface area contributed by atoms with Crippen LogP contribution in [0.25, 0.3) is 0 Å². The summed E-state index contributed by atoms with van der Waals surface area (Å²) >= 11 is 0. The molecule has 1 aliphatic carbocycles. The Morgan fingerprint density at radius 2 is 2.07 bits per heavy atom. The molecule has 8 nitrogen and oxygen atoms in total. The van der Waals surface area contributed by atoms with Crippen LogP contribution in [-0.4, -0.2) is 65.8 Å². The van der Waals surface area contributed by atoms with Gasteiger partial charge in [0.2, 0.25) is 5.91 Å². The topological polar surface area (TPSA) is 84.9 Å². The molecule has 0 aromatic carbocycles. The Morgan fingerprint density at radius 3 is 2.79 bits per heavy atom. The van der Waals surface area contributed by atoms with Crippen LogP contribution in [0.1, 0.15) is 56.6 Å². The highest BCUT2D eigenvalue weighted by Crippen LogP contribution is 2.38. The lowest BCUT2D eigenvalue weighted by atomic mass is 9.85. The first-order valence-electron chi connectivity index (χ1n) is 10.2. The quantitative estimate of drug-likeness (QED) is 0.788. The van der Waals surface area contributed by atoms with Gasteiger partial charge in [-0.25, -0.2) is 9.78 Å². The van der Waals surface area contributed by atoms with Crippen LogP contribution in [0.2, 0.25) is 0 Å². The van der Waals surface area contributed by atoms with Gasteiger partial charge in [0.15, 0.2) is 5.82 Å². The van der Waals surface area contributed by atoms with Gasteiger partial charge in [-0.2, -0.15) is 0 Å². The molecule has 8 heteroatoms. The largest absolute Gasteiger partial charge is 0.441 e. The molecular formula is C20H28N4O4. The number of piperidine rings is 1. The number of carbonyl (C=O) groups is 2. The van der Waals surface area contributed by atoms with E-state index < -0.39 is 0 Å². The molecule has 3 heterocycles. The predicted molar refractivity (Wildman–Crippen MR) is 102 cm³/mol. The van der Waals surface area contributed by atoms with E-state index in [1.165, 1.54) is 13.5 Å². The van der Waals surface area contributed by atoms with Crippen molar-refractivity contribution in [2.75, 3.05) is 38.3 Å². The maximum Gasteiger partial charge on any atom is 0.416 e. The van der Waals surface area contributed by atoms with E-state index in [9.17, 15) is 9.59 Å². The number of nitrogens with zero attached hydrogens (tertiary/aromatic N) is 4. The van der Waals surface area contributed by atoms with E-state index in [-0.39, 0.29) is 30.1 Å². The van der Waals surface area contributed by atoms with Gasteiger partial charge in [-0.3, -0.25) is 14.7 Å². The summed E-state index contributed by atoms with van der Waals surface area (Å²) in [6, 6.07) is 0. The van der Waals surface area contributed by atoms with E-state index in [1.54, 1.807) is 17.3 Å². The molecule has 0 N–H and O–H groups in total. The summed E-state index contributed by atoms with van der Waals surface area (Å²) in [6.07, 6.45) is 10.2. The number of rotatable bonds is 4. The summed E-state index contributed by atoms with van der Waals surface area (Å²) in [4.78, 5) is 37.0. The minimum absolute atomic E-state index is 0.00868. The van der Waals surface area contributed by atoms with Gasteiger partial charge in [0.05, 0.1) is 24.6 Å². The van der Waals surface area contributed by atoms with Gasteiger partial charge in [0.1, 0.15) is 12.2 Å². The van der Waals surface area contributed by atoms with Crippen LogP contribution in [0, 0.1) is 0 Å². The summed E-state index contributed by atoms with van der Waals surface area (Å²) in [6.45, 7) is 2.05. The number of likely N-dealkylation sites (tertiary alicyclic amines) is 1. The van der Waals surface area contributed by atoms with Gasteiger partial charge >= 0.3 is 6.09 Å². The highest BCUT2D eigenvalue weighted by Gasteiger charge is 2.46. The summed E-state index contributed by atoms with van der Waals surface area (Å²) in [5, 5.41) is 0. The Bertz CT molecular complexity index is 717. The lowest BCUT2D eigenvalue weighted by molar-refractivity contribution is -0.136. The van der Waals surface area contributed by atoms with Crippen LogP contribution in [0.4, 0.5) is 10.6 Å². The zero-order valence-corrected chi connectivity index (χ0v) is 16.4. The zero-order chi connectivity index (χ0) is 19.6. The first-order valence-corrected chi connectivity index (χ1v) is 10.2. The number of carbonyl (C=O) groups excluding carboxylic acids is 2. The minimum Gasteiger partial charge on any atom is -0.441 e. The van der Waals surface area contributed by atoms with Crippen LogP contribution in [-0.2, 0) is 14.3 Å². The lowest BCUT2D eigenvalue weighted by Gasteiger charge is -2.32. The molecule has 0 bridgehead atoms. The van der Waals surface area contributed by atoms with Crippen LogP contribution >= 0.6 is 0 Å². The van der Waals surface area contributed by atoms with Crippen LogP contribution in [0.5, 0.6) is 0 Å². The standard InChI is InChI=1S/C20H28N4O4/c1-27-13-18(25)23-9-5-6-15(12-23)16-10-22-17(11-21-16)24-14-20(28-19(24)26)7-3-2-4-8-20/h10-11,15H,2-9,12-14H2,1H3/t15-/m1/s1. The van der Waals surface area contributed by atoms with Gasteiger partial charge in [-0.15, -0.1) is 0 Å². The third kappa shape index (κ3) is 3.83. The zero-order valence-electron chi connectivity index (χ0n) is 16.4. The molecular weight excluding hydrogens is 360 g/mol. The van der Waals surface area contributed by atoms with E-state index in [2.05, 4.69) is 9.97 Å². The first-order chi connectivity index (χ1) is 13.6. The van der Waals surface area contributed by atoms with Gasteiger partial charge in [-0.1, -0.05) is 6.42 Å². The Labute approximate surface area is 165 Å². The second-order valence-corrected chi connectivity index (χ2v) is 8.11. The lowest BCUT2D eigenvalue weighted by Crippen LogP contribution is -2.41. The van der Waals surface area contributed by atoms with E-state index in [4.69, 9.17) is 9.47 Å². The van der Waals surface area contributed by atoms with Crippen LogP contribution in [0.15, 0.2) is 12.4 Å². The fourth-order valence-electron chi connectivity index (χ4n) is 4.60. The first kappa shape index (κ1) is 19.1. The molecule has 152 valence electrons. The van der Waals surface area contributed by atoms with E-state index >= 15 is 0 Å². The molecule has 2 saturated heterocycles. The highest BCUT2D eigenvalue weighted by molar-refractivity contribution is 5.89. The smallest absolute Gasteiger partial charge is 0.416 e. The number of hydrogen-bond donors (Lipinski definition) is 0. The summed E-state index contributed by atoms with van der Waals surface area (Å²) in [7, 11) is 1.53. The van der Waals surface area contributed by atoms with Crippen molar-refractivity contribution >= 4 is 17.8 Å². The van der Waals surface area contributed by atoms with Crippen molar-refractivity contribution in [2.45, 2.75) is 56.5 Å². The maximum absolute atomic E-state index is 12.4. The Balaban J connectivity index is 1.42. The molecule has 3 fully saturated rings. The molecule has 2 amide bonds. The molecule has 1 saturated carbocycles. The fourth-order valence-corrected chi connectivity index (χ4v) is 4.60. The average Bonchev–Trinajstić information content (AvgIpc) is 3.04. The van der Waals surface area contributed by atoms with Crippen molar-refractivity contribution in [1.82, 2.24) is 14.9 Å². The molecule has 28 heavy (non-hydrogen) atoms. The van der Waals surface area contributed by atoms with Gasteiger partial charge in [0, 0.05) is 26.1 Å². The third-order valence-corrected chi connectivity index (χ3v) is 6.13. The molecule has 3 aliphatic rings. The van der Waals surface area contributed by atoms with Gasteiger partial charge in [-0.05, 0) is 38.5 Å². The van der Waals surface area contributed by atoms with Crippen molar-refractivity contribution < 1.29 is 19.1 Å². The predicted octanol–water partition coefficient (Wildman–Crippen LogP) is 2.49. The number of ether oxygens (including phenoxy) is 2. The summed E-state index contributed by atoms with van der Waals surface area (Å²) in [5.41, 5.74) is 0.514. The number of hydrogen-bond acceptors (Lipinski definition) is 6. The van der Waals surface area contributed by atoms with Crippen LogP contribution in [0.3, 0.4) is 0 Å². The van der Waals surface area contributed by atoms with E-state index in [0.717, 1.165) is 50.8 Å². The molecule has 1 aromatic heterocycles. The molecule has 1 atom stereocenters. The average molecular weight is 388 g/mol. The number of amides is 2. The molecule has 4 rings (SSSR count). The summed E-state index contributed by atoms with van der Waals surface area (Å²) in [5.74, 6) is 0.708. The van der Waals surface area contributed by atoms with Crippen molar-refractivity contribution in [1.29, 1.82) is 0 Å². The van der Waals surface area contributed by atoms with E-state index in [1.807, 2.05) is 4.90 Å². The molecule has 0 unspecified atom stereocenters. The molecule has 2 aliphatic heterocycles. The third-order valence-electron chi connectivity index (χ3n) is 6.13. The highest BCUT2D eigenvalue weighted by atomic mass is 16.6. The second kappa shape index (κ2) is 8.03. The van der Waals surface area contributed by atoms with E-state index in [0.29, 0.717) is 18.9 Å². The molecule has 1 spiro atoms. The van der Waals surface area contributed by atoms with Crippen molar-refractivity contribution in [3.8, 4) is 0 Å². The monoisotopic (exact) mass is 388 g/mol. The maximum atomic E-state index is 12.4. The fraction of sp³-hybridized carbons (Fsp3) is 0.700. The Morgan fingerprint density at radius 1 is 1.25 bits per heavy atom. The number of anilines is 1. The van der Waals surface area contributed by atoms with Crippen molar-refractivity contribution in [3.05, 3.63) is 18.1 Å². The minimum atomic E-state index is -0.346. The SMILES string of the molecule is COCC(=O)N1CCC[C@@H](c2cnc(N3CC4(CCCCC4)OC3=O)cn2)C1. The van der Waals surface area contributed by atoms with Crippen molar-refractivity contribution in [3.63, 3.8) is 0 Å². The second-order valence-electron chi connectivity index (χ2n) is 8.11. The van der Waals surface area contributed by atoms with Crippen molar-refractivity contribution in [2.24, 2.45) is 0 Å². The Hall–Kier alpha value is -2.22. The normalized spacial score (nSPS) is 24.5. The van der Waals surface area contributed by atoms with Gasteiger partial charge in [0.25, 0.3) is 0 Å².